The van der Waals surface area contributed by atoms with Crippen molar-refractivity contribution in [3.8, 4) is 0 Å². The summed E-state index contributed by atoms with van der Waals surface area (Å²) in [6.07, 6.45) is 1.35. The lowest BCUT2D eigenvalue weighted by molar-refractivity contribution is 0.187. The molecule has 1 aliphatic heterocycles. The molecule has 0 aromatic heterocycles. The third kappa shape index (κ3) is 7.81. The fraction of sp³-hybridized carbons (Fsp3) is 0.917. The Labute approximate surface area is 123 Å². The van der Waals surface area contributed by atoms with Crippen molar-refractivity contribution >= 4 is 29.9 Å². The van der Waals surface area contributed by atoms with Crippen LogP contribution >= 0.6 is 24.0 Å². The Hall–Kier alpha value is -0.0400. The minimum atomic E-state index is 0. The lowest BCUT2D eigenvalue weighted by Crippen LogP contribution is -2.48. The molecule has 1 aliphatic rings. The standard InChI is InChI=1S/C12H26N4.HI/c1-5-13-11(15-12(2,3)4)14-7-10-16-8-6-9-16;/h5-10H2,1-4H3,(H2,13,14,15);1H. The molecule has 0 aromatic rings. The second kappa shape index (κ2) is 8.13. The first-order chi connectivity index (χ1) is 7.51. The van der Waals surface area contributed by atoms with Gasteiger partial charge in [-0.15, -0.1) is 24.0 Å². The largest absolute Gasteiger partial charge is 0.357 e. The number of guanidine groups is 1. The summed E-state index contributed by atoms with van der Waals surface area (Å²) >= 11 is 0. The maximum absolute atomic E-state index is 4.57. The van der Waals surface area contributed by atoms with Crippen molar-refractivity contribution in [3.05, 3.63) is 0 Å². The maximum atomic E-state index is 4.57. The molecule has 0 radical (unpaired) electrons. The van der Waals surface area contributed by atoms with Gasteiger partial charge in [-0.3, -0.25) is 4.99 Å². The van der Waals surface area contributed by atoms with Crippen molar-refractivity contribution in [2.45, 2.75) is 39.7 Å². The molecular weight excluding hydrogens is 327 g/mol. The van der Waals surface area contributed by atoms with Crippen LogP contribution in [-0.2, 0) is 0 Å². The van der Waals surface area contributed by atoms with Crippen molar-refractivity contribution < 1.29 is 0 Å². The second-order valence-electron chi connectivity index (χ2n) is 5.33. The van der Waals surface area contributed by atoms with Gasteiger partial charge in [0.05, 0.1) is 6.54 Å². The summed E-state index contributed by atoms with van der Waals surface area (Å²) in [7, 11) is 0. The van der Waals surface area contributed by atoms with E-state index in [2.05, 4.69) is 48.2 Å². The van der Waals surface area contributed by atoms with Crippen molar-refractivity contribution in [1.29, 1.82) is 0 Å². The monoisotopic (exact) mass is 354 g/mol. The number of aliphatic imine (C=N–C) groups is 1. The van der Waals surface area contributed by atoms with Crippen LogP contribution in [0.5, 0.6) is 0 Å². The van der Waals surface area contributed by atoms with Gasteiger partial charge in [-0.2, -0.15) is 0 Å². The highest BCUT2D eigenvalue weighted by Gasteiger charge is 2.13. The van der Waals surface area contributed by atoms with E-state index in [9.17, 15) is 0 Å². The van der Waals surface area contributed by atoms with Gasteiger partial charge >= 0.3 is 0 Å². The van der Waals surface area contributed by atoms with Crippen molar-refractivity contribution in [3.63, 3.8) is 0 Å². The van der Waals surface area contributed by atoms with E-state index in [1.54, 1.807) is 0 Å². The molecular formula is C12H27IN4. The molecule has 0 spiro atoms. The molecule has 17 heavy (non-hydrogen) atoms. The third-order valence-electron chi connectivity index (χ3n) is 2.47. The second-order valence-corrected chi connectivity index (χ2v) is 5.33. The Kier molecular flexibility index (Phi) is 8.11. The van der Waals surface area contributed by atoms with E-state index in [0.717, 1.165) is 25.6 Å². The van der Waals surface area contributed by atoms with E-state index in [1.807, 2.05) is 0 Å². The van der Waals surface area contributed by atoms with E-state index in [-0.39, 0.29) is 29.5 Å². The van der Waals surface area contributed by atoms with Gasteiger partial charge in [0.15, 0.2) is 5.96 Å². The van der Waals surface area contributed by atoms with E-state index in [4.69, 9.17) is 0 Å². The van der Waals surface area contributed by atoms with Crippen LogP contribution in [0.15, 0.2) is 4.99 Å². The summed E-state index contributed by atoms with van der Waals surface area (Å²) in [5, 5.41) is 6.66. The summed E-state index contributed by atoms with van der Waals surface area (Å²) in [5.74, 6) is 0.926. The fourth-order valence-corrected chi connectivity index (χ4v) is 1.57. The third-order valence-corrected chi connectivity index (χ3v) is 2.47. The average Bonchev–Trinajstić information content (AvgIpc) is 2.07. The molecule has 0 saturated carbocycles. The van der Waals surface area contributed by atoms with Crippen LogP contribution in [0.1, 0.15) is 34.1 Å². The summed E-state index contributed by atoms with van der Waals surface area (Å²) < 4.78 is 0. The van der Waals surface area contributed by atoms with Gasteiger partial charge in [0.25, 0.3) is 0 Å². The number of halogens is 1. The van der Waals surface area contributed by atoms with Crippen molar-refractivity contribution in [1.82, 2.24) is 15.5 Å². The quantitative estimate of drug-likeness (QED) is 0.458. The Bertz CT molecular complexity index is 231. The highest BCUT2D eigenvalue weighted by atomic mass is 127. The van der Waals surface area contributed by atoms with Gasteiger partial charge in [0.2, 0.25) is 0 Å². The Morgan fingerprint density at radius 2 is 1.94 bits per heavy atom. The molecule has 1 rings (SSSR count). The minimum Gasteiger partial charge on any atom is -0.357 e. The zero-order valence-electron chi connectivity index (χ0n) is 11.5. The van der Waals surface area contributed by atoms with Crippen molar-refractivity contribution in [2.75, 3.05) is 32.7 Å². The molecule has 5 heteroatoms. The van der Waals surface area contributed by atoms with E-state index in [0.29, 0.717) is 0 Å². The maximum Gasteiger partial charge on any atom is 0.191 e. The van der Waals surface area contributed by atoms with Gasteiger partial charge in [0.1, 0.15) is 0 Å². The summed E-state index contributed by atoms with van der Waals surface area (Å²) in [6.45, 7) is 13.9. The molecule has 0 atom stereocenters. The molecule has 0 bridgehead atoms. The lowest BCUT2D eigenvalue weighted by Gasteiger charge is -2.30. The van der Waals surface area contributed by atoms with Crippen LogP contribution in [0.3, 0.4) is 0 Å². The van der Waals surface area contributed by atoms with Gasteiger partial charge in [0, 0.05) is 18.6 Å². The highest BCUT2D eigenvalue weighted by molar-refractivity contribution is 14.0. The Morgan fingerprint density at radius 1 is 1.29 bits per heavy atom. The summed E-state index contributed by atoms with van der Waals surface area (Å²) in [6, 6.07) is 0. The number of hydrogen-bond acceptors (Lipinski definition) is 2. The number of rotatable bonds is 4. The van der Waals surface area contributed by atoms with Crippen LogP contribution in [0, 0.1) is 0 Å². The predicted octanol–water partition coefficient (Wildman–Crippen LogP) is 1.66. The Balaban J connectivity index is 0.00000256. The van der Waals surface area contributed by atoms with Crippen LogP contribution in [0.2, 0.25) is 0 Å². The smallest absolute Gasteiger partial charge is 0.191 e. The Morgan fingerprint density at radius 3 is 2.35 bits per heavy atom. The van der Waals surface area contributed by atoms with Crippen molar-refractivity contribution in [2.24, 2.45) is 4.99 Å². The number of likely N-dealkylation sites (tertiary alicyclic amines) is 1. The molecule has 0 aromatic carbocycles. The molecule has 0 amide bonds. The first-order valence-corrected chi connectivity index (χ1v) is 6.30. The fourth-order valence-electron chi connectivity index (χ4n) is 1.57. The molecule has 1 saturated heterocycles. The van der Waals surface area contributed by atoms with Crippen LogP contribution in [-0.4, -0.2) is 49.1 Å². The van der Waals surface area contributed by atoms with E-state index >= 15 is 0 Å². The van der Waals surface area contributed by atoms with Gasteiger partial charge in [-0.05, 0) is 47.2 Å². The zero-order valence-corrected chi connectivity index (χ0v) is 13.9. The number of nitrogens with one attached hydrogen (secondary N) is 2. The summed E-state index contributed by atoms with van der Waals surface area (Å²) in [5.41, 5.74) is 0.0672. The molecule has 1 heterocycles. The molecule has 2 N–H and O–H groups in total. The normalized spacial score (nSPS) is 17.1. The topological polar surface area (TPSA) is 39.7 Å². The lowest BCUT2D eigenvalue weighted by atomic mass is 10.1. The van der Waals surface area contributed by atoms with Crippen LogP contribution < -0.4 is 10.6 Å². The molecule has 102 valence electrons. The molecule has 1 fully saturated rings. The molecule has 0 unspecified atom stereocenters. The first kappa shape index (κ1) is 17.0. The average molecular weight is 354 g/mol. The SMILES string of the molecule is CCNC(=NCCN1CCC1)NC(C)(C)C.I. The van der Waals surface area contributed by atoms with Gasteiger partial charge < -0.3 is 15.5 Å². The predicted molar refractivity (Wildman–Crippen MR) is 85.3 cm³/mol. The first-order valence-electron chi connectivity index (χ1n) is 6.30. The zero-order chi connectivity index (χ0) is 12.0. The van der Waals surface area contributed by atoms with Gasteiger partial charge in [-0.25, -0.2) is 0 Å². The number of nitrogens with zero attached hydrogens (tertiary/aromatic N) is 2. The van der Waals surface area contributed by atoms with Crippen LogP contribution in [0.4, 0.5) is 0 Å². The summed E-state index contributed by atoms with van der Waals surface area (Å²) in [4.78, 5) is 7.01. The minimum absolute atomic E-state index is 0. The molecule has 4 nitrogen and oxygen atoms in total. The van der Waals surface area contributed by atoms with Crippen LogP contribution in [0.25, 0.3) is 0 Å². The number of hydrogen-bond donors (Lipinski definition) is 2. The van der Waals surface area contributed by atoms with E-state index in [1.165, 1.54) is 19.5 Å². The highest BCUT2D eigenvalue weighted by Crippen LogP contribution is 2.04. The molecule has 0 aliphatic carbocycles. The van der Waals surface area contributed by atoms with E-state index < -0.39 is 0 Å². The van der Waals surface area contributed by atoms with Gasteiger partial charge in [-0.1, -0.05) is 0 Å².